The number of amides is 2. The molecule has 0 bridgehead atoms. The molecule has 1 unspecified atom stereocenters. The van der Waals surface area contributed by atoms with Crippen molar-refractivity contribution in [2.45, 2.75) is 71.0 Å². The molecule has 2 saturated heterocycles. The normalized spacial score (nSPS) is 19.6. The summed E-state index contributed by atoms with van der Waals surface area (Å²) in [4.78, 5) is 31.1. The summed E-state index contributed by atoms with van der Waals surface area (Å²) in [6, 6.07) is 16.8. The Morgan fingerprint density at radius 2 is 1.68 bits per heavy atom. The molecule has 2 aromatic rings. The minimum Gasteiger partial charge on any atom is -0.457 e. The summed E-state index contributed by atoms with van der Waals surface area (Å²) in [7, 11) is 0. The van der Waals surface area contributed by atoms with Gasteiger partial charge in [0.05, 0.1) is 11.6 Å². The summed E-state index contributed by atoms with van der Waals surface area (Å²) in [5.74, 6) is 1.90. The average Bonchev–Trinajstić information content (AvgIpc) is 2.90. The van der Waals surface area contributed by atoms with Crippen molar-refractivity contribution in [2.24, 2.45) is 5.92 Å². The Morgan fingerprint density at radius 1 is 1.05 bits per heavy atom. The van der Waals surface area contributed by atoms with E-state index in [-0.39, 0.29) is 11.8 Å². The molecule has 2 heterocycles. The molecule has 0 aromatic heterocycles. The van der Waals surface area contributed by atoms with E-state index in [1.807, 2.05) is 17.0 Å². The zero-order valence-corrected chi connectivity index (χ0v) is 22.2. The van der Waals surface area contributed by atoms with Gasteiger partial charge in [-0.2, -0.15) is 5.26 Å². The third kappa shape index (κ3) is 6.14. The fourth-order valence-electron chi connectivity index (χ4n) is 5.38. The van der Waals surface area contributed by atoms with E-state index in [9.17, 15) is 9.59 Å². The van der Waals surface area contributed by atoms with Crippen LogP contribution < -0.4 is 10.1 Å². The van der Waals surface area contributed by atoms with Crippen LogP contribution in [0.4, 0.5) is 0 Å². The highest BCUT2D eigenvalue weighted by molar-refractivity contribution is 6.00. The predicted octanol–water partition coefficient (Wildman–Crippen LogP) is 4.86. The first-order chi connectivity index (χ1) is 17.8. The van der Waals surface area contributed by atoms with Gasteiger partial charge in [0, 0.05) is 26.2 Å². The van der Waals surface area contributed by atoms with Gasteiger partial charge in [0.1, 0.15) is 23.1 Å². The van der Waals surface area contributed by atoms with Gasteiger partial charge in [0.2, 0.25) is 11.8 Å². The lowest BCUT2D eigenvalue weighted by atomic mass is 9.80. The predicted molar refractivity (Wildman–Crippen MR) is 143 cm³/mol. The number of nitrogens with one attached hydrogen (secondary N) is 1. The van der Waals surface area contributed by atoms with Crippen molar-refractivity contribution in [1.82, 2.24) is 15.1 Å². The molecule has 2 aliphatic rings. The molecular weight excluding hydrogens is 464 g/mol. The maximum atomic E-state index is 13.4. The summed E-state index contributed by atoms with van der Waals surface area (Å²) in [6.45, 7) is 9.26. The van der Waals surface area contributed by atoms with E-state index in [0.29, 0.717) is 43.0 Å². The molecule has 1 atom stereocenters. The minimum absolute atomic E-state index is 0.0257. The Bertz CT molecular complexity index is 1110. The molecule has 0 radical (unpaired) electrons. The summed E-state index contributed by atoms with van der Waals surface area (Å²) < 4.78 is 5.89. The van der Waals surface area contributed by atoms with Crippen LogP contribution in [0.2, 0.25) is 0 Å². The summed E-state index contributed by atoms with van der Waals surface area (Å²) >= 11 is 0. The van der Waals surface area contributed by atoms with Crippen molar-refractivity contribution in [3.05, 3.63) is 59.7 Å². The van der Waals surface area contributed by atoms with Gasteiger partial charge in [-0.25, -0.2) is 0 Å². The number of benzene rings is 2. The molecule has 0 aliphatic carbocycles. The second-order valence-corrected chi connectivity index (χ2v) is 10.7. The third-order valence-electron chi connectivity index (χ3n) is 7.48. The number of piperazine rings is 1. The summed E-state index contributed by atoms with van der Waals surface area (Å²) in [5, 5.41) is 12.0. The van der Waals surface area contributed by atoms with Crippen molar-refractivity contribution in [2.75, 3.05) is 19.6 Å². The van der Waals surface area contributed by atoms with E-state index in [2.05, 4.69) is 49.2 Å². The summed E-state index contributed by atoms with van der Waals surface area (Å²) in [5.41, 5.74) is 1.05. The van der Waals surface area contributed by atoms with Crippen molar-refractivity contribution >= 4 is 11.8 Å². The molecule has 37 heavy (non-hydrogen) atoms. The molecule has 0 saturated carbocycles. The average molecular weight is 503 g/mol. The molecule has 2 aromatic carbocycles. The number of carbonyl (C=O) groups excluding carboxylic acids is 2. The van der Waals surface area contributed by atoms with Crippen molar-refractivity contribution in [1.29, 1.82) is 5.26 Å². The van der Waals surface area contributed by atoms with Gasteiger partial charge in [-0.15, -0.1) is 0 Å². The molecule has 2 aliphatic heterocycles. The number of hydrogen-bond donors (Lipinski definition) is 1. The Morgan fingerprint density at radius 3 is 2.24 bits per heavy atom. The number of hydrogen-bond acceptors (Lipinski definition) is 5. The Balaban J connectivity index is 1.37. The maximum Gasteiger partial charge on any atom is 0.246 e. The van der Waals surface area contributed by atoms with Crippen molar-refractivity contribution in [3.63, 3.8) is 0 Å². The smallest absolute Gasteiger partial charge is 0.246 e. The molecule has 1 N–H and O–H groups in total. The lowest BCUT2D eigenvalue weighted by Gasteiger charge is -2.52. The zero-order chi connectivity index (χ0) is 26.4. The maximum absolute atomic E-state index is 13.4. The highest BCUT2D eigenvalue weighted by Gasteiger charge is 2.53. The zero-order valence-electron chi connectivity index (χ0n) is 22.2. The number of ether oxygens (including phenoxy) is 1. The first kappa shape index (κ1) is 26.7. The van der Waals surface area contributed by atoms with Gasteiger partial charge in [0.25, 0.3) is 0 Å². The van der Waals surface area contributed by atoms with Crippen molar-refractivity contribution < 1.29 is 14.3 Å². The van der Waals surface area contributed by atoms with Gasteiger partial charge in [-0.3, -0.25) is 14.5 Å². The van der Waals surface area contributed by atoms with Gasteiger partial charge in [-0.1, -0.05) is 39.3 Å². The van der Waals surface area contributed by atoms with Crippen LogP contribution in [0.25, 0.3) is 0 Å². The van der Waals surface area contributed by atoms with Gasteiger partial charge >= 0.3 is 0 Å². The van der Waals surface area contributed by atoms with Gasteiger partial charge in [0.15, 0.2) is 0 Å². The van der Waals surface area contributed by atoms with Crippen LogP contribution in [0.1, 0.15) is 64.0 Å². The summed E-state index contributed by atoms with van der Waals surface area (Å²) in [6.07, 6.45) is 3.90. The van der Waals surface area contributed by atoms with E-state index >= 15 is 0 Å². The second kappa shape index (κ2) is 11.8. The van der Waals surface area contributed by atoms with Gasteiger partial charge in [-0.05, 0) is 73.6 Å². The van der Waals surface area contributed by atoms with E-state index < -0.39 is 11.6 Å². The van der Waals surface area contributed by atoms with Crippen LogP contribution in [0.15, 0.2) is 48.5 Å². The minimum atomic E-state index is -0.727. The highest BCUT2D eigenvalue weighted by atomic mass is 16.5. The molecule has 7 nitrogen and oxygen atoms in total. The van der Waals surface area contributed by atoms with E-state index in [4.69, 9.17) is 10.00 Å². The van der Waals surface area contributed by atoms with E-state index in [1.54, 1.807) is 24.3 Å². The van der Waals surface area contributed by atoms with Crippen LogP contribution >= 0.6 is 0 Å². The first-order valence-electron chi connectivity index (χ1n) is 13.5. The molecule has 4 rings (SSSR count). The van der Waals surface area contributed by atoms with E-state index in [1.165, 1.54) is 5.56 Å². The number of likely N-dealkylation sites (tertiary alicyclic amines) is 1. The fraction of sp³-hybridized carbons (Fsp3) is 0.500. The lowest BCUT2D eigenvalue weighted by molar-refractivity contribution is -0.161. The number of nitriles is 1. The molecule has 7 heteroatoms. The molecular formula is C30H38N4O3. The van der Waals surface area contributed by atoms with Gasteiger partial charge < -0.3 is 15.0 Å². The lowest BCUT2D eigenvalue weighted by Crippen LogP contribution is -2.73. The molecule has 196 valence electrons. The van der Waals surface area contributed by atoms with Crippen LogP contribution in [0, 0.1) is 17.2 Å². The number of rotatable bonds is 9. The van der Waals surface area contributed by atoms with Crippen molar-refractivity contribution in [3.8, 4) is 17.6 Å². The second-order valence-electron chi connectivity index (χ2n) is 10.7. The topological polar surface area (TPSA) is 85.7 Å². The first-order valence-corrected chi connectivity index (χ1v) is 13.5. The molecule has 2 amide bonds. The quantitative estimate of drug-likeness (QED) is 0.529. The van der Waals surface area contributed by atoms with Crippen LogP contribution in [0.3, 0.4) is 0 Å². The van der Waals surface area contributed by atoms with Crippen LogP contribution in [-0.2, 0) is 16.1 Å². The monoisotopic (exact) mass is 502 g/mol. The Labute approximate surface area is 220 Å². The van der Waals surface area contributed by atoms with E-state index in [0.717, 1.165) is 38.2 Å². The fourth-order valence-corrected chi connectivity index (χ4v) is 5.38. The third-order valence-corrected chi connectivity index (χ3v) is 7.48. The number of unbranched alkanes of at least 4 members (excludes halogenated alkanes) is 1. The molecule has 1 spiro atoms. The molecule has 2 fully saturated rings. The standard InChI is InChI=1S/C30H38N4O3/c1-4-5-16-34-28(35)27(19-22(2)3)32-29(36)30(34)14-17-33(18-15-30)21-24-8-12-26(13-9-24)37-25-10-6-23(20-31)7-11-25/h6-13,22,27H,4-5,14-19,21H2,1-3H3,(H,32,36). The number of nitrogens with zero attached hydrogens (tertiary/aromatic N) is 3. The largest absolute Gasteiger partial charge is 0.457 e. The number of carbonyl (C=O) groups is 2. The van der Waals surface area contributed by atoms with Crippen LogP contribution in [0.5, 0.6) is 11.5 Å². The highest BCUT2D eigenvalue weighted by Crippen LogP contribution is 2.35. The number of piperidine rings is 1. The Kier molecular flexibility index (Phi) is 8.50. The SMILES string of the molecule is CCCCN1C(=O)C(CC(C)C)NC(=O)C12CCN(Cc1ccc(Oc3ccc(C#N)cc3)cc1)CC2. The van der Waals surface area contributed by atoms with Crippen LogP contribution in [-0.4, -0.2) is 52.8 Å². The Hall–Kier alpha value is -3.37.